The van der Waals surface area contributed by atoms with Crippen LogP contribution in [0.25, 0.3) is 0 Å². The first-order chi connectivity index (χ1) is 6.47. The number of aliphatic carboxylic acids is 1. The number of amides is 1. The van der Waals surface area contributed by atoms with E-state index in [2.05, 4.69) is 11.9 Å². The Morgan fingerprint density at radius 2 is 2.00 bits per heavy atom. The van der Waals surface area contributed by atoms with Gasteiger partial charge in [0.15, 0.2) is 0 Å². The smallest absolute Gasteiger partial charge is 0.332 e. The number of carbonyl (C=O) groups excluding carboxylic acids is 1. The second kappa shape index (κ2) is 6.15. The van der Waals surface area contributed by atoms with Gasteiger partial charge in [-0.2, -0.15) is 0 Å². The molecule has 2 N–H and O–H groups in total. The summed E-state index contributed by atoms with van der Waals surface area (Å²) in [5.74, 6) is -1.15. The third-order valence-corrected chi connectivity index (χ3v) is 1.55. The van der Waals surface area contributed by atoms with Crippen LogP contribution < -0.4 is 5.32 Å². The molecule has 0 aromatic rings. The summed E-state index contributed by atoms with van der Waals surface area (Å²) >= 11 is 0. The summed E-state index contributed by atoms with van der Waals surface area (Å²) in [4.78, 5) is 23.1. The van der Waals surface area contributed by atoms with Gasteiger partial charge in [0.1, 0.15) is 0 Å². The number of likely N-dealkylation sites (N-methyl/N-ethyl adjacent to an activating group) is 2. The largest absolute Gasteiger partial charge is 0.478 e. The first-order valence-electron chi connectivity index (χ1n) is 4.33. The van der Waals surface area contributed by atoms with Crippen molar-refractivity contribution in [2.45, 2.75) is 6.92 Å². The van der Waals surface area contributed by atoms with Gasteiger partial charge in [-0.3, -0.25) is 9.69 Å². The molecular formula is C9H16N2O3. The molecule has 0 heterocycles. The summed E-state index contributed by atoms with van der Waals surface area (Å²) in [6.45, 7) is 6.15. The number of hydrogen-bond acceptors (Lipinski definition) is 3. The van der Waals surface area contributed by atoms with Crippen molar-refractivity contribution in [3.63, 3.8) is 0 Å². The van der Waals surface area contributed by atoms with Gasteiger partial charge in [-0.15, -0.1) is 0 Å². The van der Waals surface area contributed by atoms with Gasteiger partial charge in [-0.05, 0) is 14.0 Å². The summed E-state index contributed by atoms with van der Waals surface area (Å²) in [5.41, 5.74) is 0.0804. The molecule has 0 radical (unpaired) electrons. The van der Waals surface area contributed by atoms with Crippen molar-refractivity contribution in [1.29, 1.82) is 0 Å². The van der Waals surface area contributed by atoms with Crippen molar-refractivity contribution in [3.8, 4) is 0 Å². The fraction of sp³-hybridized carbons (Fsp3) is 0.556. The van der Waals surface area contributed by atoms with E-state index in [1.54, 1.807) is 11.9 Å². The molecule has 0 saturated heterocycles. The average molecular weight is 200 g/mol. The van der Waals surface area contributed by atoms with Crippen LogP contribution in [0.1, 0.15) is 6.92 Å². The van der Waals surface area contributed by atoms with E-state index in [9.17, 15) is 9.59 Å². The molecule has 0 atom stereocenters. The minimum absolute atomic E-state index is 0.0804. The monoisotopic (exact) mass is 200 g/mol. The average Bonchev–Trinajstić information content (AvgIpc) is 2.03. The zero-order valence-corrected chi connectivity index (χ0v) is 8.54. The molecule has 0 saturated carbocycles. The molecule has 5 heteroatoms. The topological polar surface area (TPSA) is 69.6 Å². The van der Waals surface area contributed by atoms with Gasteiger partial charge in [-0.25, -0.2) is 4.79 Å². The lowest BCUT2D eigenvalue weighted by molar-refractivity contribution is -0.133. The highest BCUT2D eigenvalue weighted by Crippen LogP contribution is 1.93. The van der Waals surface area contributed by atoms with E-state index in [-0.39, 0.29) is 24.6 Å². The van der Waals surface area contributed by atoms with Crippen molar-refractivity contribution >= 4 is 11.9 Å². The molecule has 0 bridgehead atoms. The molecule has 0 aromatic carbocycles. The van der Waals surface area contributed by atoms with Gasteiger partial charge in [-0.1, -0.05) is 6.58 Å². The SMILES string of the molecule is C=C(CN(C)CC(=O)NCC)C(=O)O. The molecule has 5 nitrogen and oxygen atoms in total. The molecular weight excluding hydrogens is 184 g/mol. The standard InChI is InChI=1S/C9H16N2O3/c1-4-10-8(12)6-11(3)5-7(2)9(13)14/h2,4-6H2,1,3H3,(H,10,12)(H,13,14). The predicted octanol–water partition coefficient (Wildman–Crippen LogP) is -0.305. The number of carboxylic acid groups (broad SMARTS) is 1. The lowest BCUT2D eigenvalue weighted by atomic mass is 10.3. The normalized spacial score (nSPS) is 9.93. The molecule has 0 aliphatic rings. The van der Waals surface area contributed by atoms with Crippen molar-refractivity contribution in [1.82, 2.24) is 10.2 Å². The molecule has 1 amide bonds. The van der Waals surface area contributed by atoms with Gasteiger partial charge >= 0.3 is 5.97 Å². The maximum absolute atomic E-state index is 11.1. The summed E-state index contributed by atoms with van der Waals surface area (Å²) in [6, 6.07) is 0. The van der Waals surface area contributed by atoms with Crippen molar-refractivity contribution in [2.24, 2.45) is 0 Å². The second-order valence-electron chi connectivity index (χ2n) is 3.03. The van der Waals surface area contributed by atoms with Crippen LogP contribution in [0, 0.1) is 0 Å². The summed E-state index contributed by atoms with van der Waals surface area (Å²) in [6.07, 6.45) is 0. The maximum atomic E-state index is 11.1. The van der Waals surface area contributed by atoms with Crippen LogP contribution in [-0.2, 0) is 9.59 Å². The zero-order chi connectivity index (χ0) is 11.1. The van der Waals surface area contributed by atoms with Crippen LogP contribution in [-0.4, -0.2) is 48.6 Å². The van der Waals surface area contributed by atoms with E-state index in [1.807, 2.05) is 6.92 Å². The maximum Gasteiger partial charge on any atom is 0.332 e. The predicted molar refractivity (Wildman–Crippen MR) is 53.0 cm³/mol. The Morgan fingerprint density at radius 3 is 2.43 bits per heavy atom. The van der Waals surface area contributed by atoms with E-state index < -0.39 is 5.97 Å². The van der Waals surface area contributed by atoms with Crippen LogP contribution in [0.15, 0.2) is 12.2 Å². The molecule has 0 fully saturated rings. The van der Waals surface area contributed by atoms with E-state index in [1.165, 1.54) is 0 Å². The summed E-state index contributed by atoms with van der Waals surface area (Å²) in [5, 5.41) is 11.2. The van der Waals surface area contributed by atoms with Gasteiger partial charge in [0.05, 0.1) is 6.54 Å². The fourth-order valence-corrected chi connectivity index (χ4v) is 0.948. The van der Waals surface area contributed by atoms with E-state index in [4.69, 9.17) is 5.11 Å². The Balaban J connectivity index is 3.86. The number of hydrogen-bond donors (Lipinski definition) is 2. The number of carbonyl (C=O) groups is 2. The van der Waals surface area contributed by atoms with Crippen molar-refractivity contribution in [3.05, 3.63) is 12.2 Å². The van der Waals surface area contributed by atoms with Gasteiger partial charge in [0.25, 0.3) is 0 Å². The molecule has 0 aliphatic heterocycles. The molecule has 0 aromatic heterocycles. The highest BCUT2D eigenvalue weighted by molar-refractivity contribution is 5.86. The van der Waals surface area contributed by atoms with Gasteiger partial charge in [0.2, 0.25) is 5.91 Å². The number of nitrogens with one attached hydrogen (secondary N) is 1. The van der Waals surface area contributed by atoms with E-state index >= 15 is 0 Å². The zero-order valence-electron chi connectivity index (χ0n) is 8.54. The first kappa shape index (κ1) is 12.6. The quantitative estimate of drug-likeness (QED) is 0.577. The first-order valence-corrected chi connectivity index (χ1v) is 4.33. The van der Waals surface area contributed by atoms with Crippen molar-refractivity contribution in [2.75, 3.05) is 26.7 Å². The van der Waals surface area contributed by atoms with E-state index in [0.717, 1.165) is 0 Å². The Morgan fingerprint density at radius 1 is 1.43 bits per heavy atom. The van der Waals surface area contributed by atoms with Crippen LogP contribution in [0.5, 0.6) is 0 Å². The number of carboxylic acids is 1. The lowest BCUT2D eigenvalue weighted by Gasteiger charge is -2.15. The third kappa shape index (κ3) is 5.31. The minimum atomic E-state index is -1.03. The summed E-state index contributed by atoms with van der Waals surface area (Å²) in [7, 11) is 1.67. The third-order valence-electron chi connectivity index (χ3n) is 1.55. The number of rotatable bonds is 6. The van der Waals surface area contributed by atoms with Crippen LogP contribution in [0.4, 0.5) is 0 Å². The minimum Gasteiger partial charge on any atom is -0.478 e. The molecule has 0 rings (SSSR count). The molecule has 0 unspecified atom stereocenters. The van der Waals surface area contributed by atoms with Gasteiger partial charge < -0.3 is 10.4 Å². The highest BCUT2D eigenvalue weighted by atomic mass is 16.4. The molecule has 14 heavy (non-hydrogen) atoms. The second-order valence-corrected chi connectivity index (χ2v) is 3.03. The van der Waals surface area contributed by atoms with Crippen LogP contribution >= 0.6 is 0 Å². The Bertz CT molecular complexity index is 238. The van der Waals surface area contributed by atoms with Crippen LogP contribution in [0.2, 0.25) is 0 Å². The Hall–Kier alpha value is -1.36. The van der Waals surface area contributed by atoms with E-state index in [0.29, 0.717) is 6.54 Å². The highest BCUT2D eigenvalue weighted by Gasteiger charge is 2.10. The molecule has 0 aliphatic carbocycles. The Labute approximate surface area is 83.4 Å². The molecule has 80 valence electrons. The fourth-order valence-electron chi connectivity index (χ4n) is 0.948. The lowest BCUT2D eigenvalue weighted by Crippen LogP contribution is -2.36. The number of nitrogens with zero attached hydrogens (tertiary/aromatic N) is 1. The van der Waals surface area contributed by atoms with Gasteiger partial charge in [0, 0.05) is 18.7 Å². The van der Waals surface area contributed by atoms with Crippen LogP contribution in [0.3, 0.4) is 0 Å². The van der Waals surface area contributed by atoms with Crippen molar-refractivity contribution < 1.29 is 14.7 Å². The summed E-state index contributed by atoms with van der Waals surface area (Å²) < 4.78 is 0. The Kier molecular flexibility index (Phi) is 5.55. The molecule has 0 spiro atoms.